The molecule has 0 amide bonds. The molecule has 0 atom stereocenters. The van der Waals surface area contributed by atoms with Crippen LogP contribution >= 0.6 is 0 Å². The molecule has 0 aromatic carbocycles. The number of nitrogens with two attached hydrogens (primary N) is 1. The summed E-state index contributed by atoms with van der Waals surface area (Å²) in [6.45, 7) is 1.12. The van der Waals surface area contributed by atoms with E-state index in [0.29, 0.717) is 24.7 Å². The highest BCUT2D eigenvalue weighted by molar-refractivity contribution is 5.29. The fourth-order valence-electron chi connectivity index (χ4n) is 0.690. The Morgan fingerprint density at radius 3 is 3.17 bits per heavy atom. The second-order valence-corrected chi connectivity index (χ2v) is 2.09. The molecule has 0 saturated carbocycles. The highest BCUT2D eigenvalue weighted by Gasteiger charge is 1.95. The Bertz CT molecular complexity index is 290. The van der Waals surface area contributed by atoms with Gasteiger partial charge in [-0.05, 0) is 6.07 Å². The number of nitrogens with one attached hydrogen (secondary N) is 1. The van der Waals surface area contributed by atoms with Gasteiger partial charge >= 0.3 is 0 Å². The van der Waals surface area contributed by atoms with Gasteiger partial charge in [-0.15, -0.1) is 0 Å². The summed E-state index contributed by atoms with van der Waals surface area (Å²) < 4.78 is 0. The Balaban J connectivity index is 2.68. The maximum atomic E-state index is 8.49. The van der Waals surface area contributed by atoms with Gasteiger partial charge in [-0.2, -0.15) is 5.26 Å². The lowest BCUT2D eigenvalue weighted by Crippen LogP contribution is -2.14. The average molecular weight is 163 g/mol. The highest BCUT2D eigenvalue weighted by Crippen LogP contribution is 1.97. The predicted molar refractivity (Wildman–Crippen MR) is 44.3 cm³/mol. The lowest BCUT2D eigenvalue weighted by atomic mass is 10.4. The van der Waals surface area contributed by atoms with Crippen molar-refractivity contribution in [2.24, 2.45) is 5.73 Å². The first-order chi connectivity index (χ1) is 5.86. The van der Waals surface area contributed by atoms with E-state index >= 15 is 0 Å². The Morgan fingerprint density at radius 2 is 2.50 bits per heavy atom. The van der Waals surface area contributed by atoms with Gasteiger partial charge < -0.3 is 11.1 Å². The maximum absolute atomic E-state index is 8.49. The van der Waals surface area contributed by atoms with Crippen molar-refractivity contribution >= 4 is 5.95 Å². The molecule has 0 aliphatic rings. The van der Waals surface area contributed by atoms with E-state index in [0.717, 1.165) is 0 Å². The molecule has 3 N–H and O–H groups in total. The quantitative estimate of drug-likeness (QED) is 0.639. The van der Waals surface area contributed by atoms with Gasteiger partial charge in [0.15, 0.2) is 0 Å². The minimum Gasteiger partial charge on any atom is -0.353 e. The van der Waals surface area contributed by atoms with Crippen molar-refractivity contribution in [1.82, 2.24) is 9.97 Å². The minimum absolute atomic E-state index is 0.351. The van der Waals surface area contributed by atoms with Crippen LogP contribution in [-0.4, -0.2) is 23.1 Å². The molecule has 1 rings (SSSR count). The van der Waals surface area contributed by atoms with E-state index in [4.69, 9.17) is 11.0 Å². The fraction of sp³-hybridized carbons (Fsp3) is 0.286. The van der Waals surface area contributed by atoms with Crippen molar-refractivity contribution in [3.8, 4) is 6.07 Å². The second kappa shape index (κ2) is 4.26. The Labute approximate surface area is 70.2 Å². The average Bonchev–Trinajstić information content (AvgIpc) is 2.15. The molecule has 0 spiro atoms. The zero-order chi connectivity index (χ0) is 8.81. The minimum atomic E-state index is 0.351. The summed E-state index contributed by atoms with van der Waals surface area (Å²) in [5, 5.41) is 11.4. The van der Waals surface area contributed by atoms with Crippen LogP contribution < -0.4 is 11.1 Å². The summed E-state index contributed by atoms with van der Waals surface area (Å²) in [7, 11) is 0. The van der Waals surface area contributed by atoms with Crippen LogP contribution in [0.25, 0.3) is 0 Å². The standard InChI is InChI=1S/C7H9N5/c8-2-4-11-7-10-3-1-6(5-9)12-7/h1,3H,2,4,8H2,(H,10,11,12). The molecule has 0 unspecified atom stereocenters. The maximum Gasteiger partial charge on any atom is 0.223 e. The molecule has 12 heavy (non-hydrogen) atoms. The monoisotopic (exact) mass is 163 g/mol. The van der Waals surface area contributed by atoms with Gasteiger partial charge in [-0.25, -0.2) is 9.97 Å². The van der Waals surface area contributed by atoms with Crippen molar-refractivity contribution < 1.29 is 0 Å². The normalized spacial score (nSPS) is 9.00. The van der Waals surface area contributed by atoms with Crippen LogP contribution in [0, 0.1) is 11.3 Å². The zero-order valence-corrected chi connectivity index (χ0v) is 6.49. The SMILES string of the molecule is N#Cc1ccnc(NCCN)n1. The van der Waals surface area contributed by atoms with Crippen molar-refractivity contribution in [2.45, 2.75) is 0 Å². The number of hydrogen-bond acceptors (Lipinski definition) is 5. The van der Waals surface area contributed by atoms with Gasteiger partial charge in [0.1, 0.15) is 11.8 Å². The summed E-state index contributed by atoms with van der Waals surface area (Å²) in [6, 6.07) is 3.47. The van der Waals surface area contributed by atoms with Crippen LogP contribution in [0.1, 0.15) is 5.69 Å². The third kappa shape index (κ3) is 2.18. The van der Waals surface area contributed by atoms with E-state index in [1.165, 1.54) is 6.20 Å². The highest BCUT2D eigenvalue weighted by atomic mass is 15.1. The molecule has 0 saturated heterocycles. The summed E-state index contributed by atoms with van der Waals surface area (Å²) in [6.07, 6.45) is 1.53. The molecule has 1 aromatic rings. The van der Waals surface area contributed by atoms with Crippen LogP contribution in [0.3, 0.4) is 0 Å². The van der Waals surface area contributed by atoms with Crippen molar-refractivity contribution in [2.75, 3.05) is 18.4 Å². The number of nitrogens with zero attached hydrogens (tertiary/aromatic N) is 3. The molecule has 5 heteroatoms. The smallest absolute Gasteiger partial charge is 0.223 e. The summed E-state index contributed by atoms with van der Waals surface area (Å²) in [4.78, 5) is 7.79. The summed E-state index contributed by atoms with van der Waals surface area (Å²) >= 11 is 0. The Morgan fingerprint density at radius 1 is 1.67 bits per heavy atom. The number of hydrogen-bond donors (Lipinski definition) is 2. The third-order valence-electron chi connectivity index (χ3n) is 1.20. The van der Waals surface area contributed by atoms with Gasteiger partial charge in [0.05, 0.1) is 0 Å². The molecule has 0 bridgehead atoms. The lowest BCUT2D eigenvalue weighted by molar-refractivity contribution is 0.985. The molecular formula is C7H9N5. The molecule has 0 radical (unpaired) electrons. The molecule has 62 valence electrons. The first-order valence-electron chi connectivity index (χ1n) is 3.54. The number of anilines is 1. The molecule has 0 aliphatic carbocycles. The van der Waals surface area contributed by atoms with Crippen molar-refractivity contribution in [3.05, 3.63) is 18.0 Å². The number of nitriles is 1. The fourth-order valence-corrected chi connectivity index (χ4v) is 0.690. The van der Waals surface area contributed by atoms with Gasteiger partial charge in [0.25, 0.3) is 0 Å². The van der Waals surface area contributed by atoms with Crippen LogP contribution in [0.15, 0.2) is 12.3 Å². The summed E-state index contributed by atoms with van der Waals surface area (Å²) in [5.74, 6) is 0.444. The molecule has 0 fully saturated rings. The van der Waals surface area contributed by atoms with E-state index in [9.17, 15) is 0 Å². The lowest BCUT2D eigenvalue weighted by Gasteiger charge is -2.00. The van der Waals surface area contributed by atoms with Gasteiger partial charge in [-0.1, -0.05) is 0 Å². The van der Waals surface area contributed by atoms with Gasteiger partial charge in [0.2, 0.25) is 5.95 Å². The van der Waals surface area contributed by atoms with Crippen molar-refractivity contribution in [1.29, 1.82) is 5.26 Å². The van der Waals surface area contributed by atoms with E-state index in [-0.39, 0.29) is 0 Å². The second-order valence-electron chi connectivity index (χ2n) is 2.09. The molecule has 1 heterocycles. The van der Waals surface area contributed by atoms with E-state index < -0.39 is 0 Å². The molecule has 5 nitrogen and oxygen atoms in total. The summed E-state index contributed by atoms with van der Waals surface area (Å²) in [5.41, 5.74) is 5.62. The predicted octanol–water partition coefficient (Wildman–Crippen LogP) is -0.281. The van der Waals surface area contributed by atoms with Crippen molar-refractivity contribution in [3.63, 3.8) is 0 Å². The van der Waals surface area contributed by atoms with Crippen LogP contribution in [-0.2, 0) is 0 Å². The molecular weight excluding hydrogens is 154 g/mol. The van der Waals surface area contributed by atoms with E-state index in [2.05, 4.69) is 15.3 Å². The third-order valence-corrected chi connectivity index (χ3v) is 1.20. The van der Waals surface area contributed by atoms with E-state index in [1.54, 1.807) is 6.07 Å². The Kier molecular flexibility index (Phi) is 2.99. The number of rotatable bonds is 3. The van der Waals surface area contributed by atoms with Crippen LogP contribution in [0.4, 0.5) is 5.95 Å². The van der Waals surface area contributed by atoms with Crippen LogP contribution in [0.2, 0.25) is 0 Å². The topological polar surface area (TPSA) is 87.6 Å². The van der Waals surface area contributed by atoms with E-state index in [1.807, 2.05) is 6.07 Å². The first-order valence-corrected chi connectivity index (χ1v) is 3.54. The largest absolute Gasteiger partial charge is 0.353 e. The first kappa shape index (κ1) is 8.43. The zero-order valence-electron chi connectivity index (χ0n) is 6.49. The Hall–Kier alpha value is -1.67. The molecule has 0 aliphatic heterocycles. The van der Waals surface area contributed by atoms with Crippen LogP contribution in [0.5, 0.6) is 0 Å². The number of aromatic nitrogens is 2. The van der Waals surface area contributed by atoms with Gasteiger partial charge in [-0.3, -0.25) is 0 Å². The molecule has 1 aromatic heterocycles. The van der Waals surface area contributed by atoms with Gasteiger partial charge in [0, 0.05) is 19.3 Å².